The molecule has 0 unspecified atom stereocenters. The lowest BCUT2D eigenvalue weighted by Gasteiger charge is -2.00. The van der Waals surface area contributed by atoms with Gasteiger partial charge in [-0.2, -0.15) is 0 Å². The fourth-order valence-corrected chi connectivity index (χ4v) is 1.52. The van der Waals surface area contributed by atoms with Crippen molar-refractivity contribution in [3.05, 3.63) is 54.3 Å². The van der Waals surface area contributed by atoms with Crippen LogP contribution < -0.4 is 10.9 Å². The van der Waals surface area contributed by atoms with Crippen molar-refractivity contribution >= 4 is 22.6 Å². The van der Waals surface area contributed by atoms with Crippen molar-refractivity contribution in [3.63, 3.8) is 0 Å². The first kappa shape index (κ1) is 8.62. The van der Waals surface area contributed by atoms with Gasteiger partial charge in [0.2, 0.25) is 10.9 Å². The molecule has 0 saturated heterocycles. The number of rotatable bonds is 1. The monoisotopic (exact) mass is 284 g/mol. The van der Waals surface area contributed by atoms with Gasteiger partial charge >= 0.3 is 0 Å². The van der Waals surface area contributed by atoms with E-state index in [1.165, 1.54) is 6.07 Å². The number of benzene rings is 1. The molecule has 0 aliphatic heterocycles. The van der Waals surface area contributed by atoms with Crippen molar-refractivity contribution in [3.8, 4) is 11.1 Å². The second-order valence-electron chi connectivity index (χ2n) is 2.76. The van der Waals surface area contributed by atoms with Crippen molar-refractivity contribution in [1.29, 1.82) is 0 Å². The Balaban J connectivity index is 2.50. The molecule has 0 radical (unpaired) electrons. The third kappa shape index (κ3) is 1.44. The van der Waals surface area contributed by atoms with Gasteiger partial charge in [0, 0.05) is 15.2 Å². The van der Waals surface area contributed by atoms with Crippen LogP contribution in [0.1, 0.15) is 0 Å². The van der Waals surface area contributed by atoms with E-state index in [9.17, 15) is 9.59 Å². The van der Waals surface area contributed by atoms with E-state index in [0.29, 0.717) is 5.56 Å². The molecule has 3 heteroatoms. The normalized spacial score (nSPS) is 10.5. The molecular weight excluding hydrogens is 279 g/mol. The fraction of sp³-hybridized carbons (Fsp3) is 0. The molecule has 2 aromatic rings. The zero-order valence-corrected chi connectivity index (χ0v) is 8.74. The summed E-state index contributed by atoms with van der Waals surface area (Å²) < 4.78 is 1.11. The summed E-state index contributed by atoms with van der Waals surface area (Å²) >= 11 is 2.19. The molecule has 0 atom stereocenters. The van der Waals surface area contributed by atoms with Gasteiger partial charge in [-0.05, 0) is 40.3 Å². The molecule has 2 nitrogen and oxygen atoms in total. The van der Waals surface area contributed by atoms with Crippen molar-refractivity contribution in [2.24, 2.45) is 0 Å². The SMILES string of the molecule is O=c1cc(-c2ccc(I)cc2)c1=O. The summed E-state index contributed by atoms with van der Waals surface area (Å²) in [6.07, 6.45) is 0. The molecule has 0 aliphatic rings. The topological polar surface area (TPSA) is 34.1 Å². The molecule has 0 heterocycles. The van der Waals surface area contributed by atoms with E-state index < -0.39 is 5.43 Å². The number of halogens is 1. The Bertz CT molecular complexity index is 504. The third-order valence-electron chi connectivity index (χ3n) is 1.90. The van der Waals surface area contributed by atoms with E-state index in [1.54, 1.807) is 0 Å². The zero-order valence-electron chi connectivity index (χ0n) is 6.58. The van der Waals surface area contributed by atoms with Crippen molar-refractivity contribution in [2.45, 2.75) is 0 Å². The van der Waals surface area contributed by atoms with Gasteiger partial charge < -0.3 is 0 Å². The maximum atomic E-state index is 11.0. The van der Waals surface area contributed by atoms with Gasteiger partial charge in [-0.25, -0.2) is 0 Å². The second kappa shape index (κ2) is 3.06. The quantitative estimate of drug-likeness (QED) is 0.588. The summed E-state index contributed by atoms with van der Waals surface area (Å²) in [5, 5.41) is 0. The lowest BCUT2D eigenvalue weighted by Crippen LogP contribution is -2.30. The molecule has 0 saturated carbocycles. The molecule has 2 aromatic carbocycles. The van der Waals surface area contributed by atoms with Crippen LogP contribution in [0.15, 0.2) is 39.9 Å². The Morgan fingerprint density at radius 1 is 1.00 bits per heavy atom. The summed E-state index contributed by atoms with van der Waals surface area (Å²) in [5.74, 6) is 0. The predicted molar refractivity (Wildman–Crippen MR) is 59.5 cm³/mol. The van der Waals surface area contributed by atoms with E-state index in [2.05, 4.69) is 22.6 Å². The summed E-state index contributed by atoms with van der Waals surface area (Å²) in [5.41, 5.74) is 0.584. The highest BCUT2D eigenvalue weighted by molar-refractivity contribution is 14.1. The minimum absolute atomic E-state index is 0.374. The van der Waals surface area contributed by atoms with Gasteiger partial charge in [-0.1, -0.05) is 12.1 Å². The molecule has 64 valence electrons. The van der Waals surface area contributed by atoms with Crippen molar-refractivity contribution in [2.75, 3.05) is 0 Å². The predicted octanol–water partition coefficient (Wildman–Crippen LogP) is 1.55. The van der Waals surface area contributed by atoms with Crippen molar-refractivity contribution in [1.82, 2.24) is 0 Å². The summed E-state index contributed by atoms with van der Waals surface area (Å²) in [6, 6.07) is 8.89. The van der Waals surface area contributed by atoms with Gasteiger partial charge in [-0.3, -0.25) is 9.59 Å². The second-order valence-corrected chi connectivity index (χ2v) is 4.00. The van der Waals surface area contributed by atoms with Crippen LogP contribution in [-0.4, -0.2) is 0 Å². The lowest BCUT2D eigenvalue weighted by molar-refractivity contribution is 1.41. The first-order valence-electron chi connectivity index (χ1n) is 3.75. The summed E-state index contributed by atoms with van der Waals surface area (Å²) in [7, 11) is 0. The lowest BCUT2D eigenvalue weighted by atomic mass is 10.0. The minimum atomic E-state index is -0.395. The summed E-state index contributed by atoms with van der Waals surface area (Å²) in [4.78, 5) is 21.7. The average Bonchev–Trinajstić information content (AvgIpc) is 2.15. The molecule has 0 N–H and O–H groups in total. The molecule has 0 aliphatic carbocycles. The fourth-order valence-electron chi connectivity index (χ4n) is 1.16. The highest BCUT2D eigenvalue weighted by Crippen LogP contribution is 2.16. The largest absolute Gasteiger partial charge is 0.286 e. The first-order valence-corrected chi connectivity index (χ1v) is 4.82. The molecule has 0 fully saturated rings. The Labute approximate surface area is 88.1 Å². The third-order valence-corrected chi connectivity index (χ3v) is 2.62. The maximum absolute atomic E-state index is 11.0. The Morgan fingerprint density at radius 2 is 1.62 bits per heavy atom. The van der Waals surface area contributed by atoms with Crippen LogP contribution in [0.3, 0.4) is 0 Å². The van der Waals surface area contributed by atoms with E-state index in [0.717, 1.165) is 9.13 Å². The van der Waals surface area contributed by atoms with Gasteiger partial charge in [0.15, 0.2) is 0 Å². The van der Waals surface area contributed by atoms with Crippen LogP contribution in [0.4, 0.5) is 0 Å². The van der Waals surface area contributed by atoms with Gasteiger partial charge in [0.25, 0.3) is 0 Å². The van der Waals surface area contributed by atoms with Crippen LogP contribution in [0.2, 0.25) is 0 Å². The number of hydrogen-bond donors (Lipinski definition) is 0. The Morgan fingerprint density at radius 3 is 2.08 bits per heavy atom. The van der Waals surface area contributed by atoms with Gasteiger partial charge in [-0.15, -0.1) is 0 Å². The molecule has 2 rings (SSSR count). The standard InChI is InChI=1S/C10H5IO2/c11-7-3-1-6(2-4-7)8-5-9(12)10(8)13/h1-5H. The molecule has 0 bridgehead atoms. The molecule has 0 aromatic heterocycles. The van der Waals surface area contributed by atoms with Crippen molar-refractivity contribution < 1.29 is 0 Å². The van der Waals surface area contributed by atoms with E-state index in [4.69, 9.17) is 0 Å². The molecule has 0 amide bonds. The number of hydrogen-bond acceptors (Lipinski definition) is 2. The van der Waals surface area contributed by atoms with Crippen LogP contribution >= 0.6 is 22.6 Å². The molecule has 0 spiro atoms. The van der Waals surface area contributed by atoms with Gasteiger partial charge in [0.1, 0.15) is 0 Å². The molecule has 13 heavy (non-hydrogen) atoms. The van der Waals surface area contributed by atoms with Crippen LogP contribution in [-0.2, 0) is 0 Å². The van der Waals surface area contributed by atoms with E-state index in [1.807, 2.05) is 24.3 Å². The Hall–Kier alpha value is -0.970. The Kier molecular flexibility index (Phi) is 2.03. The van der Waals surface area contributed by atoms with Crippen LogP contribution in [0.25, 0.3) is 11.1 Å². The first-order chi connectivity index (χ1) is 6.18. The highest BCUT2D eigenvalue weighted by atomic mass is 127. The van der Waals surface area contributed by atoms with E-state index in [-0.39, 0.29) is 5.43 Å². The summed E-state index contributed by atoms with van der Waals surface area (Å²) in [6.45, 7) is 0. The highest BCUT2D eigenvalue weighted by Gasteiger charge is 2.10. The van der Waals surface area contributed by atoms with Crippen LogP contribution in [0, 0.1) is 3.57 Å². The van der Waals surface area contributed by atoms with Crippen LogP contribution in [0.5, 0.6) is 0 Å². The zero-order chi connectivity index (χ0) is 9.42. The average molecular weight is 284 g/mol. The minimum Gasteiger partial charge on any atom is -0.286 e. The van der Waals surface area contributed by atoms with E-state index >= 15 is 0 Å². The molecular formula is C10H5IO2. The smallest absolute Gasteiger partial charge is 0.233 e. The maximum Gasteiger partial charge on any atom is 0.233 e. The van der Waals surface area contributed by atoms with Gasteiger partial charge in [0.05, 0.1) is 0 Å².